The third kappa shape index (κ3) is 7.54. The molecule has 1 fully saturated rings. The van der Waals surface area contributed by atoms with Crippen LogP contribution in [0.3, 0.4) is 0 Å². The summed E-state index contributed by atoms with van der Waals surface area (Å²) < 4.78 is 26.2. The lowest BCUT2D eigenvalue weighted by Crippen LogP contribution is -2.37. The molecule has 1 amide bonds. The highest BCUT2D eigenvalue weighted by Gasteiger charge is 2.18. The summed E-state index contributed by atoms with van der Waals surface area (Å²) in [5, 5.41) is 2.91. The van der Waals surface area contributed by atoms with E-state index >= 15 is 4.39 Å². The van der Waals surface area contributed by atoms with Crippen LogP contribution in [-0.2, 0) is 11.3 Å². The summed E-state index contributed by atoms with van der Waals surface area (Å²) in [6.45, 7) is 13.1. The number of anilines is 1. The molecular weight excluding hydrogens is 523 g/mol. The molecule has 9 heteroatoms. The minimum absolute atomic E-state index is 0.106. The second-order valence-electron chi connectivity index (χ2n) is 10.6. The number of rotatable bonds is 11. The Hall–Kier alpha value is -3.69. The van der Waals surface area contributed by atoms with E-state index in [2.05, 4.69) is 15.2 Å². The van der Waals surface area contributed by atoms with Gasteiger partial charge in [-0.2, -0.15) is 0 Å². The van der Waals surface area contributed by atoms with E-state index in [0.29, 0.717) is 23.3 Å². The van der Waals surface area contributed by atoms with Crippen molar-refractivity contribution < 1.29 is 18.7 Å². The number of aromatic amines is 1. The van der Waals surface area contributed by atoms with Gasteiger partial charge in [0.15, 0.2) is 11.6 Å². The standard InChI is InChI=1S/C32H41FN4O4/c1-6-36(5)29-19-25(17-26(23(29)4)31(38)34-20-27-21(2)16-22(3)35-32(27)39)24-8-9-30(28(33)18-24)41-13-7-10-37-11-14-40-15-12-37/h8-9,16-19H,6-7,10-15,20H2,1-5H3,(H,34,38)(H,35,39). The molecule has 8 nitrogen and oxygen atoms in total. The summed E-state index contributed by atoms with van der Waals surface area (Å²) >= 11 is 0. The van der Waals surface area contributed by atoms with Crippen molar-refractivity contribution in [3.63, 3.8) is 0 Å². The van der Waals surface area contributed by atoms with E-state index < -0.39 is 5.82 Å². The SMILES string of the molecule is CCN(C)c1cc(-c2ccc(OCCCN3CCOCC3)c(F)c2)cc(C(=O)NCc2c(C)cc(C)[nH]c2=O)c1C. The number of aryl methyl sites for hydroxylation is 2. The first-order chi connectivity index (χ1) is 19.7. The zero-order valence-electron chi connectivity index (χ0n) is 24.7. The van der Waals surface area contributed by atoms with Crippen LogP contribution in [0.2, 0.25) is 0 Å². The van der Waals surface area contributed by atoms with Crippen LogP contribution in [0.5, 0.6) is 5.75 Å². The number of nitrogens with one attached hydrogen (secondary N) is 2. The molecule has 0 aliphatic carbocycles. The Morgan fingerprint density at radius 2 is 1.88 bits per heavy atom. The number of hydrogen-bond donors (Lipinski definition) is 2. The number of halogens is 1. The second kappa shape index (κ2) is 13.8. The Bertz CT molecular complexity index is 1430. The minimum Gasteiger partial charge on any atom is -0.490 e. The lowest BCUT2D eigenvalue weighted by atomic mass is 9.96. The maximum atomic E-state index is 15.1. The van der Waals surface area contributed by atoms with Crippen LogP contribution in [0.4, 0.5) is 10.1 Å². The number of nitrogens with zero attached hydrogens (tertiary/aromatic N) is 2. The zero-order valence-corrected chi connectivity index (χ0v) is 24.7. The van der Waals surface area contributed by atoms with Crippen molar-refractivity contribution in [3.05, 3.63) is 80.5 Å². The molecular formula is C32H41FN4O4. The maximum Gasteiger partial charge on any atom is 0.253 e. The van der Waals surface area contributed by atoms with Gasteiger partial charge in [-0.3, -0.25) is 14.5 Å². The number of aromatic nitrogens is 1. The number of morpholine rings is 1. The van der Waals surface area contributed by atoms with Crippen molar-refractivity contribution in [2.75, 3.05) is 57.9 Å². The molecule has 1 aromatic heterocycles. The summed E-state index contributed by atoms with van der Waals surface area (Å²) in [5.41, 5.74) is 5.44. The molecule has 0 atom stereocenters. The van der Waals surface area contributed by atoms with Crippen LogP contribution in [0.15, 0.2) is 41.2 Å². The van der Waals surface area contributed by atoms with E-state index in [-0.39, 0.29) is 23.8 Å². The van der Waals surface area contributed by atoms with Gasteiger partial charge in [0.2, 0.25) is 0 Å². The van der Waals surface area contributed by atoms with E-state index in [1.165, 1.54) is 6.07 Å². The average Bonchev–Trinajstić information content (AvgIpc) is 2.95. The average molecular weight is 565 g/mol. The topological polar surface area (TPSA) is 86.9 Å². The Kier molecular flexibility index (Phi) is 10.2. The fraction of sp³-hybridized carbons (Fsp3) is 0.438. The van der Waals surface area contributed by atoms with Crippen LogP contribution in [-0.4, -0.2) is 68.8 Å². The molecule has 0 spiro atoms. The van der Waals surface area contributed by atoms with Gasteiger partial charge in [-0.15, -0.1) is 0 Å². The predicted octanol–water partition coefficient (Wildman–Crippen LogP) is 4.59. The van der Waals surface area contributed by atoms with Crippen LogP contribution < -0.4 is 20.5 Å². The molecule has 2 N–H and O–H groups in total. The third-order valence-electron chi connectivity index (χ3n) is 7.68. The maximum absolute atomic E-state index is 15.1. The fourth-order valence-corrected chi connectivity index (χ4v) is 5.13. The van der Waals surface area contributed by atoms with Crippen molar-refractivity contribution in [2.45, 2.75) is 40.7 Å². The summed E-state index contributed by atoms with van der Waals surface area (Å²) in [6, 6.07) is 10.6. The quantitative estimate of drug-likeness (QED) is 0.331. The number of amides is 1. The number of H-pyrrole nitrogens is 1. The van der Waals surface area contributed by atoms with Crippen molar-refractivity contribution >= 4 is 11.6 Å². The molecule has 3 aromatic rings. The Morgan fingerprint density at radius 1 is 1.12 bits per heavy atom. The highest BCUT2D eigenvalue weighted by atomic mass is 19.1. The van der Waals surface area contributed by atoms with Gasteiger partial charge < -0.3 is 24.7 Å². The number of hydrogen-bond acceptors (Lipinski definition) is 6. The molecule has 220 valence electrons. The molecule has 1 saturated heterocycles. The molecule has 2 aromatic carbocycles. The lowest BCUT2D eigenvalue weighted by molar-refractivity contribution is 0.0357. The first kappa shape index (κ1) is 30.3. The van der Waals surface area contributed by atoms with E-state index in [9.17, 15) is 9.59 Å². The second-order valence-corrected chi connectivity index (χ2v) is 10.6. The van der Waals surface area contributed by atoms with Crippen molar-refractivity contribution in [3.8, 4) is 16.9 Å². The normalized spacial score (nSPS) is 13.7. The van der Waals surface area contributed by atoms with Gasteiger partial charge in [-0.1, -0.05) is 6.07 Å². The number of carbonyl (C=O) groups is 1. The van der Waals surface area contributed by atoms with Gasteiger partial charge in [0.1, 0.15) is 0 Å². The lowest BCUT2D eigenvalue weighted by Gasteiger charge is -2.26. The highest BCUT2D eigenvalue weighted by Crippen LogP contribution is 2.33. The van der Waals surface area contributed by atoms with E-state index in [4.69, 9.17) is 9.47 Å². The summed E-state index contributed by atoms with van der Waals surface area (Å²) in [5.74, 6) is -0.527. The van der Waals surface area contributed by atoms with Crippen molar-refractivity contribution in [1.29, 1.82) is 0 Å². The molecule has 0 unspecified atom stereocenters. The zero-order chi connectivity index (χ0) is 29.5. The van der Waals surface area contributed by atoms with Gasteiger partial charge in [0.05, 0.1) is 19.8 Å². The monoisotopic (exact) mass is 564 g/mol. The Balaban J connectivity index is 1.52. The highest BCUT2D eigenvalue weighted by molar-refractivity contribution is 5.98. The number of ether oxygens (including phenoxy) is 2. The van der Waals surface area contributed by atoms with Gasteiger partial charge >= 0.3 is 0 Å². The molecule has 1 aliphatic rings. The first-order valence-corrected chi connectivity index (χ1v) is 14.2. The number of benzene rings is 2. The van der Waals surface area contributed by atoms with Crippen LogP contribution in [0.25, 0.3) is 11.1 Å². The van der Waals surface area contributed by atoms with Crippen LogP contribution >= 0.6 is 0 Å². The fourth-order valence-electron chi connectivity index (χ4n) is 5.13. The van der Waals surface area contributed by atoms with Gasteiger partial charge in [0, 0.05) is 62.3 Å². The molecule has 41 heavy (non-hydrogen) atoms. The Labute approximate surface area is 241 Å². The van der Waals surface area contributed by atoms with Gasteiger partial charge in [0.25, 0.3) is 11.5 Å². The molecule has 1 aliphatic heterocycles. The largest absolute Gasteiger partial charge is 0.490 e. The van der Waals surface area contributed by atoms with E-state index in [1.54, 1.807) is 12.1 Å². The smallest absolute Gasteiger partial charge is 0.253 e. The predicted molar refractivity (Wildman–Crippen MR) is 161 cm³/mol. The summed E-state index contributed by atoms with van der Waals surface area (Å²) in [4.78, 5) is 33.0. The van der Waals surface area contributed by atoms with Crippen LogP contribution in [0, 0.1) is 26.6 Å². The molecule has 2 heterocycles. The van der Waals surface area contributed by atoms with Gasteiger partial charge in [-0.25, -0.2) is 4.39 Å². The third-order valence-corrected chi connectivity index (χ3v) is 7.68. The van der Waals surface area contributed by atoms with E-state index in [1.807, 2.05) is 57.8 Å². The molecule has 0 bridgehead atoms. The summed E-state index contributed by atoms with van der Waals surface area (Å²) in [7, 11) is 1.96. The first-order valence-electron chi connectivity index (χ1n) is 14.2. The number of carbonyl (C=O) groups excluding carboxylic acids is 1. The Morgan fingerprint density at radius 3 is 2.56 bits per heavy atom. The van der Waals surface area contributed by atoms with Gasteiger partial charge in [-0.05, 0) is 86.7 Å². The van der Waals surface area contributed by atoms with Crippen LogP contribution in [0.1, 0.15) is 46.1 Å². The van der Waals surface area contributed by atoms with Crippen molar-refractivity contribution in [2.24, 2.45) is 0 Å². The summed E-state index contributed by atoms with van der Waals surface area (Å²) in [6.07, 6.45) is 0.804. The van der Waals surface area contributed by atoms with Crippen molar-refractivity contribution in [1.82, 2.24) is 15.2 Å². The molecule has 0 saturated carbocycles. The minimum atomic E-state index is -0.445. The molecule has 4 rings (SSSR count). The van der Waals surface area contributed by atoms with E-state index in [0.717, 1.165) is 73.9 Å². The molecule has 0 radical (unpaired) electrons. The number of pyridine rings is 1.